The van der Waals surface area contributed by atoms with E-state index in [0.29, 0.717) is 6.42 Å². The van der Waals surface area contributed by atoms with Gasteiger partial charge in [0.25, 0.3) is 0 Å². The van der Waals surface area contributed by atoms with Crippen molar-refractivity contribution in [2.45, 2.75) is 31.5 Å². The Morgan fingerprint density at radius 2 is 2.09 bits per heavy atom. The van der Waals surface area contributed by atoms with Crippen LogP contribution in [0.1, 0.15) is 18.4 Å². The Morgan fingerprint density at radius 3 is 2.65 bits per heavy atom. The minimum Gasteiger partial charge on any atom is -0.480 e. The zero-order chi connectivity index (χ0) is 16.7. The van der Waals surface area contributed by atoms with Crippen LogP contribution >= 0.6 is 0 Å². The number of carboxylic acids is 1. The Bertz CT molecular complexity index is 557. The number of carboxylic acid groups (broad SMARTS) is 1. The van der Waals surface area contributed by atoms with Gasteiger partial charge in [0.15, 0.2) is 6.04 Å². The number of amides is 1. The quantitative estimate of drug-likeness (QED) is 0.781. The zero-order valence-corrected chi connectivity index (χ0v) is 13.1. The number of methoxy groups -OCH3 is 1. The van der Waals surface area contributed by atoms with E-state index < -0.39 is 18.1 Å². The summed E-state index contributed by atoms with van der Waals surface area (Å²) in [6.45, 7) is 0.0199. The lowest BCUT2D eigenvalue weighted by molar-refractivity contribution is -0.145. The lowest BCUT2D eigenvalue weighted by Crippen LogP contribution is -2.52. The summed E-state index contributed by atoms with van der Waals surface area (Å²) < 4.78 is 10.3. The summed E-state index contributed by atoms with van der Waals surface area (Å²) in [4.78, 5) is 25.3. The summed E-state index contributed by atoms with van der Waals surface area (Å²) in [6, 6.07) is 7.91. The highest BCUT2D eigenvalue weighted by atomic mass is 16.6. The molecule has 0 saturated heterocycles. The number of rotatable bonds is 7. The minimum absolute atomic E-state index is 0.0832. The van der Waals surface area contributed by atoms with Gasteiger partial charge in [0, 0.05) is 7.11 Å². The lowest BCUT2D eigenvalue weighted by Gasteiger charge is -2.32. The average molecular weight is 319 g/mol. The van der Waals surface area contributed by atoms with Gasteiger partial charge in [-0.05, 0) is 18.4 Å². The molecule has 0 radical (unpaired) electrons. The summed E-state index contributed by atoms with van der Waals surface area (Å²) in [5.74, 6) is -1.11. The van der Waals surface area contributed by atoms with Gasteiger partial charge in [0.05, 0.1) is 12.6 Å². The summed E-state index contributed by atoms with van der Waals surface area (Å²) in [6.07, 6.45) is 4.64. The first-order chi connectivity index (χ1) is 11.1. The van der Waals surface area contributed by atoms with Gasteiger partial charge in [0.1, 0.15) is 6.61 Å². The molecule has 1 unspecified atom stereocenters. The third kappa shape index (κ3) is 4.56. The molecule has 6 heteroatoms. The fraction of sp³-hybridized carbons (Fsp3) is 0.412. The first-order valence-corrected chi connectivity index (χ1v) is 7.51. The van der Waals surface area contributed by atoms with Crippen LogP contribution in [0.4, 0.5) is 4.79 Å². The maximum Gasteiger partial charge on any atom is 0.411 e. The lowest BCUT2D eigenvalue weighted by atomic mass is 10.1. The zero-order valence-electron chi connectivity index (χ0n) is 13.1. The molecule has 2 atom stereocenters. The molecule has 1 aliphatic carbocycles. The van der Waals surface area contributed by atoms with E-state index in [1.54, 1.807) is 0 Å². The molecule has 2 rings (SSSR count). The summed E-state index contributed by atoms with van der Waals surface area (Å²) in [7, 11) is 1.41. The first kappa shape index (κ1) is 17.0. The molecule has 0 saturated carbocycles. The van der Waals surface area contributed by atoms with E-state index in [9.17, 15) is 14.7 Å². The number of carbonyl (C=O) groups excluding carboxylic acids is 1. The van der Waals surface area contributed by atoms with Crippen LogP contribution in [-0.2, 0) is 20.9 Å². The normalized spacial score (nSPS) is 17.7. The van der Waals surface area contributed by atoms with Gasteiger partial charge in [-0.3, -0.25) is 4.90 Å². The topological polar surface area (TPSA) is 76.1 Å². The Kier molecular flexibility index (Phi) is 6.17. The van der Waals surface area contributed by atoms with Gasteiger partial charge >= 0.3 is 12.1 Å². The Morgan fingerprint density at radius 1 is 1.35 bits per heavy atom. The number of allylic oxidation sites excluding steroid dienone is 1. The van der Waals surface area contributed by atoms with Gasteiger partial charge in [-0.25, -0.2) is 9.59 Å². The monoisotopic (exact) mass is 319 g/mol. The molecular formula is C17H21NO5. The third-order valence-corrected chi connectivity index (χ3v) is 3.71. The fourth-order valence-electron chi connectivity index (χ4n) is 2.56. The molecule has 1 N–H and O–H groups in total. The van der Waals surface area contributed by atoms with Gasteiger partial charge in [-0.15, -0.1) is 0 Å². The summed E-state index contributed by atoms with van der Waals surface area (Å²) >= 11 is 0. The summed E-state index contributed by atoms with van der Waals surface area (Å²) in [5.41, 5.74) is 0.849. The molecule has 0 heterocycles. The van der Waals surface area contributed by atoms with Crippen LogP contribution in [0.15, 0.2) is 42.5 Å². The van der Waals surface area contributed by atoms with Gasteiger partial charge in [-0.1, -0.05) is 42.5 Å². The predicted octanol–water partition coefficient (Wildman–Crippen LogP) is 2.44. The molecule has 0 aliphatic heterocycles. The number of benzene rings is 1. The van der Waals surface area contributed by atoms with Crippen molar-refractivity contribution in [1.82, 2.24) is 4.90 Å². The van der Waals surface area contributed by atoms with Crippen molar-refractivity contribution in [3.05, 3.63) is 48.0 Å². The van der Waals surface area contributed by atoms with Gasteiger partial charge in [0.2, 0.25) is 0 Å². The van der Waals surface area contributed by atoms with E-state index in [-0.39, 0.29) is 19.3 Å². The second-order valence-electron chi connectivity index (χ2n) is 5.33. The molecule has 1 amide bonds. The van der Waals surface area contributed by atoms with Crippen LogP contribution < -0.4 is 0 Å². The average Bonchev–Trinajstić information content (AvgIpc) is 3.07. The highest BCUT2D eigenvalue weighted by Crippen LogP contribution is 2.21. The van der Waals surface area contributed by atoms with E-state index in [0.717, 1.165) is 12.0 Å². The Hall–Kier alpha value is -2.34. The smallest absolute Gasteiger partial charge is 0.411 e. The van der Waals surface area contributed by atoms with Crippen molar-refractivity contribution in [3.8, 4) is 0 Å². The molecule has 23 heavy (non-hydrogen) atoms. The molecule has 124 valence electrons. The van der Waals surface area contributed by atoms with Crippen molar-refractivity contribution in [2.75, 3.05) is 13.7 Å². The highest BCUT2D eigenvalue weighted by Gasteiger charge is 2.36. The van der Waals surface area contributed by atoms with Crippen molar-refractivity contribution in [1.29, 1.82) is 0 Å². The molecule has 6 nitrogen and oxygen atoms in total. The van der Waals surface area contributed by atoms with Crippen molar-refractivity contribution in [2.24, 2.45) is 0 Å². The van der Waals surface area contributed by atoms with E-state index >= 15 is 0 Å². The van der Waals surface area contributed by atoms with Crippen LogP contribution in [0, 0.1) is 0 Å². The van der Waals surface area contributed by atoms with Crippen LogP contribution in [-0.4, -0.2) is 47.9 Å². The minimum atomic E-state index is -1.11. The molecule has 1 aromatic carbocycles. The molecule has 0 aromatic heterocycles. The third-order valence-electron chi connectivity index (χ3n) is 3.71. The number of hydrogen-bond donors (Lipinski definition) is 1. The largest absolute Gasteiger partial charge is 0.480 e. The van der Waals surface area contributed by atoms with E-state index in [2.05, 4.69) is 0 Å². The van der Waals surface area contributed by atoms with E-state index in [1.807, 2.05) is 42.5 Å². The molecule has 0 bridgehead atoms. The fourth-order valence-corrected chi connectivity index (χ4v) is 2.56. The number of carbonyl (C=O) groups is 2. The number of aliphatic carboxylic acids is 1. The van der Waals surface area contributed by atoms with Crippen LogP contribution in [0.5, 0.6) is 0 Å². The molecular weight excluding hydrogens is 298 g/mol. The SMILES string of the molecule is COC[C@@H](C(=O)O)N(C(=O)OCc1ccccc1)C1C=CCC1. The van der Waals surface area contributed by atoms with Gasteiger partial charge in [-0.2, -0.15) is 0 Å². The molecule has 0 fully saturated rings. The molecule has 0 spiro atoms. The maximum atomic E-state index is 12.5. The van der Waals surface area contributed by atoms with Crippen molar-refractivity contribution >= 4 is 12.1 Å². The predicted molar refractivity (Wildman–Crippen MR) is 83.9 cm³/mol. The van der Waals surface area contributed by atoms with Crippen molar-refractivity contribution < 1.29 is 24.2 Å². The second-order valence-corrected chi connectivity index (χ2v) is 5.33. The van der Waals surface area contributed by atoms with Crippen LogP contribution in [0.2, 0.25) is 0 Å². The summed E-state index contributed by atoms with van der Waals surface area (Å²) in [5, 5.41) is 9.42. The molecule has 1 aliphatic rings. The van der Waals surface area contributed by atoms with E-state index in [1.165, 1.54) is 12.0 Å². The second kappa shape index (κ2) is 8.33. The molecule has 1 aromatic rings. The van der Waals surface area contributed by atoms with Crippen molar-refractivity contribution in [3.63, 3.8) is 0 Å². The maximum absolute atomic E-state index is 12.5. The Labute approximate surface area is 135 Å². The standard InChI is InChI=1S/C17H21NO5/c1-22-12-15(16(19)20)18(14-9-5-6-10-14)17(21)23-11-13-7-3-2-4-8-13/h2-5,7-9,14-15H,6,10-12H2,1H3,(H,19,20)/t14?,15-/m0/s1. The van der Waals surface area contributed by atoms with Gasteiger partial charge < -0.3 is 14.6 Å². The number of hydrogen-bond acceptors (Lipinski definition) is 4. The van der Waals surface area contributed by atoms with E-state index in [4.69, 9.17) is 9.47 Å². The highest BCUT2D eigenvalue weighted by molar-refractivity contribution is 5.80. The van der Waals surface area contributed by atoms with Crippen LogP contribution in [0.25, 0.3) is 0 Å². The first-order valence-electron chi connectivity index (χ1n) is 7.51. The Balaban J connectivity index is 2.10. The number of ether oxygens (including phenoxy) is 2. The number of nitrogens with zero attached hydrogens (tertiary/aromatic N) is 1. The van der Waals surface area contributed by atoms with Crippen LogP contribution in [0.3, 0.4) is 0 Å².